The summed E-state index contributed by atoms with van der Waals surface area (Å²) < 4.78 is 35.6. The average Bonchev–Trinajstić information content (AvgIpc) is 3.28. The first kappa shape index (κ1) is 27.0. The molecule has 1 aromatic heterocycles. The van der Waals surface area contributed by atoms with Crippen LogP contribution in [0.3, 0.4) is 0 Å². The Morgan fingerprint density at radius 1 is 1.03 bits per heavy atom. The van der Waals surface area contributed by atoms with Crippen LogP contribution in [0.5, 0.6) is 0 Å². The molecule has 37 heavy (non-hydrogen) atoms. The Balaban J connectivity index is 1.66. The van der Waals surface area contributed by atoms with E-state index in [1.807, 2.05) is 29.7 Å². The molecule has 194 valence electrons. The smallest absolute Gasteiger partial charge is 0.326 e. The second kappa shape index (κ2) is 12.0. The zero-order chi connectivity index (χ0) is 26.4. The van der Waals surface area contributed by atoms with E-state index in [4.69, 9.17) is 27.9 Å². The maximum absolute atomic E-state index is 13.7. The van der Waals surface area contributed by atoms with E-state index in [2.05, 4.69) is 17.1 Å². The van der Waals surface area contributed by atoms with Crippen LogP contribution in [-0.2, 0) is 32.5 Å². The van der Waals surface area contributed by atoms with Crippen molar-refractivity contribution >= 4 is 55.9 Å². The number of carbonyl (C=O) groups is 1. The lowest BCUT2D eigenvalue weighted by molar-refractivity contribution is -0.141. The summed E-state index contributed by atoms with van der Waals surface area (Å²) >= 11 is 12.2. The number of fused-ring (bicyclic) bond motifs is 1. The number of rotatable bonds is 11. The molecule has 0 aliphatic carbocycles. The maximum atomic E-state index is 13.7. The summed E-state index contributed by atoms with van der Waals surface area (Å²) in [5, 5.41) is 0.341. The molecule has 4 rings (SSSR count). The van der Waals surface area contributed by atoms with E-state index < -0.39 is 22.5 Å². The van der Waals surface area contributed by atoms with Gasteiger partial charge in [-0.2, -0.15) is 0 Å². The van der Waals surface area contributed by atoms with E-state index in [0.717, 1.165) is 22.7 Å². The highest BCUT2D eigenvalue weighted by Crippen LogP contribution is 2.30. The van der Waals surface area contributed by atoms with E-state index in [1.165, 1.54) is 23.8 Å². The highest BCUT2D eigenvalue weighted by atomic mass is 35.5. The van der Waals surface area contributed by atoms with E-state index >= 15 is 0 Å². The number of sulfonamides is 1. The average molecular weight is 561 g/mol. The van der Waals surface area contributed by atoms with Crippen LogP contribution >= 0.6 is 23.2 Å². The summed E-state index contributed by atoms with van der Waals surface area (Å²) in [4.78, 5) is 17.0. The number of aromatic nitrogens is 2. The summed E-state index contributed by atoms with van der Waals surface area (Å²) in [6.45, 7) is 2.40. The summed E-state index contributed by atoms with van der Waals surface area (Å²) in [5.74, 6) is -0.654. The predicted octanol–water partition coefficient (Wildman–Crippen LogP) is 6.12. The van der Waals surface area contributed by atoms with Crippen LogP contribution in [0.4, 0.5) is 5.69 Å². The second-order valence-corrected chi connectivity index (χ2v) is 11.3. The molecular formula is C27H27Cl2N3O4S. The molecule has 0 saturated carbocycles. The van der Waals surface area contributed by atoms with Crippen molar-refractivity contribution in [3.05, 3.63) is 88.7 Å². The van der Waals surface area contributed by atoms with Crippen LogP contribution in [0.25, 0.3) is 11.0 Å². The summed E-state index contributed by atoms with van der Waals surface area (Å²) in [7, 11) is -4.20. The third kappa shape index (κ3) is 6.63. The SMILES string of the molecule is CCCCOC(=O)CN(c1ccc2c(c1)ncn2CCc1ccccc1)S(=O)(=O)c1cc(Cl)cc(Cl)c1. The standard InChI is InChI=1S/C27H27Cl2N3O4S/c1-2-3-13-36-27(33)18-32(37(34,35)24-15-21(28)14-22(29)16-24)23-9-10-26-25(17-23)30-19-31(26)12-11-20-7-5-4-6-8-20/h4-10,14-17,19H,2-3,11-13,18H2,1H3. The number of imidazole rings is 1. The van der Waals surface area contributed by atoms with Crippen LogP contribution in [0.1, 0.15) is 25.3 Å². The Morgan fingerprint density at radius 2 is 1.76 bits per heavy atom. The minimum atomic E-state index is -4.20. The highest BCUT2D eigenvalue weighted by molar-refractivity contribution is 7.92. The molecular weight excluding hydrogens is 533 g/mol. The van der Waals surface area contributed by atoms with Crippen molar-refractivity contribution in [2.24, 2.45) is 0 Å². The number of esters is 1. The molecule has 7 nitrogen and oxygen atoms in total. The van der Waals surface area contributed by atoms with Gasteiger partial charge in [-0.3, -0.25) is 9.10 Å². The van der Waals surface area contributed by atoms with E-state index in [0.29, 0.717) is 18.5 Å². The molecule has 3 aromatic carbocycles. The number of anilines is 1. The number of unbranched alkanes of at least 4 members (excludes halogenated alkanes) is 1. The highest BCUT2D eigenvalue weighted by Gasteiger charge is 2.29. The topological polar surface area (TPSA) is 81.5 Å². The molecule has 0 N–H and O–H groups in total. The second-order valence-electron chi connectivity index (χ2n) is 8.54. The van der Waals surface area contributed by atoms with E-state index in [-0.39, 0.29) is 27.2 Å². The number of benzene rings is 3. The molecule has 0 radical (unpaired) electrons. The number of hydrogen-bond donors (Lipinski definition) is 0. The quantitative estimate of drug-likeness (QED) is 0.163. The fraction of sp³-hybridized carbons (Fsp3) is 0.259. The van der Waals surface area contributed by atoms with Crippen LogP contribution in [0.15, 0.2) is 78.0 Å². The van der Waals surface area contributed by atoms with Crippen molar-refractivity contribution < 1.29 is 17.9 Å². The predicted molar refractivity (Wildman–Crippen MR) is 147 cm³/mol. The zero-order valence-electron chi connectivity index (χ0n) is 20.3. The molecule has 0 atom stereocenters. The number of carbonyl (C=O) groups excluding carboxylic acids is 1. The van der Waals surface area contributed by atoms with Gasteiger partial charge in [-0.1, -0.05) is 66.9 Å². The number of hydrogen-bond acceptors (Lipinski definition) is 5. The number of nitrogens with zero attached hydrogens (tertiary/aromatic N) is 3. The van der Waals surface area contributed by atoms with Gasteiger partial charge in [0.1, 0.15) is 6.54 Å². The summed E-state index contributed by atoms with van der Waals surface area (Å²) in [6.07, 6.45) is 4.09. The van der Waals surface area contributed by atoms with Crippen molar-refractivity contribution in [2.75, 3.05) is 17.5 Å². The van der Waals surface area contributed by atoms with Gasteiger partial charge in [0.2, 0.25) is 0 Å². The van der Waals surface area contributed by atoms with Gasteiger partial charge < -0.3 is 9.30 Å². The molecule has 0 bridgehead atoms. The van der Waals surface area contributed by atoms with Gasteiger partial charge in [0.25, 0.3) is 10.0 Å². The fourth-order valence-electron chi connectivity index (χ4n) is 3.89. The van der Waals surface area contributed by atoms with E-state index in [9.17, 15) is 13.2 Å². The molecule has 0 amide bonds. The molecule has 0 unspecified atom stereocenters. The van der Waals surface area contributed by atoms with Gasteiger partial charge in [0.15, 0.2) is 0 Å². The zero-order valence-corrected chi connectivity index (χ0v) is 22.6. The monoisotopic (exact) mass is 559 g/mol. The fourth-order valence-corrected chi connectivity index (χ4v) is 6.02. The first-order valence-corrected chi connectivity index (χ1v) is 14.1. The van der Waals surface area contributed by atoms with Crippen LogP contribution in [0, 0.1) is 0 Å². The molecule has 0 aliphatic heterocycles. The Bertz CT molecular complexity index is 1470. The van der Waals surface area contributed by atoms with Gasteiger partial charge in [-0.15, -0.1) is 0 Å². The lowest BCUT2D eigenvalue weighted by Gasteiger charge is -2.24. The molecule has 1 heterocycles. The molecule has 0 fully saturated rings. The largest absolute Gasteiger partial charge is 0.464 e. The van der Waals surface area contributed by atoms with E-state index in [1.54, 1.807) is 24.5 Å². The number of aryl methyl sites for hydroxylation is 2. The maximum Gasteiger partial charge on any atom is 0.326 e. The molecule has 0 spiro atoms. The first-order valence-electron chi connectivity index (χ1n) is 11.9. The molecule has 10 heteroatoms. The Kier molecular flexibility index (Phi) is 8.74. The Hall–Kier alpha value is -3.07. The molecule has 0 aliphatic rings. The summed E-state index contributed by atoms with van der Waals surface area (Å²) in [5.41, 5.74) is 2.95. The van der Waals surface area contributed by atoms with Crippen molar-refractivity contribution in [3.63, 3.8) is 0 Å². The lowest BCUT2D eigenvalue weighted by atomic mass is 10.1. The van der Waals surface area contributed by atoms with Gasteiger partial charge in [0.05, 0.1) is 34.6 Å². The van der Waals surface area contributed by atoms with Crippen molar-refractivity contribution in [2.45, 2.75) is 37.6 Å². The van der Waals surface area contributed by atoms with Crippen LogP contribution in [-0.4, -0.2) is 37.1 Å². The third-order valence-corrected chi connectivity index (χ3v) is 8.02. The Morgan fingerprint density at radius 3 is 2.46 bits per heavy atom. The van der Waals surface area contributed by atoms with Gasteiger partial charge in [-0.25, -0.2) is 13.4 Å². The van der Waals surface area contributed by atoms with Crippen molar-refractivity contribution in [3.8, 4) is 0 Å². The van der Waals surface area contributed by atoms with Crippen molar-refractivity contribution in [1.29, 1.82) is 0 Å². The van der Waals surface area contributed by atoms with Crippen LogP contribution < -0.4 is 4.31 Å². The number of halogens is 2. The van der Waals surface area contributed by atoms with Gasteiger partial charge >= 0.3 is 5.97 Å². The molecule has 0 saturated heterocycles. The third-order valence-electron chi connectivity index (χ3n) is 5.83. The number of ether oxygens (including phenoxy) is 1. The lowest BCUT2D eigenvalue weighted by Crippen LogP contribution is -2.36. The minimum absolute atomic E-state index is 0.125. The summed E-state index contributed by atoms with van der Waals surface area (Å²) in [6, 6.07) is 19.3. The normalized spacial score (nSPS) is 11.5. The first-order chi connectivity index (χ1) is 17.8. The van der Waals surface area contributed by atoms with Gasteiger partial charge in [0, 0.05) is 16.6 Å². The molecule has 4 aromatic rings. The van der Waals surface area contributed by atoms with Crippen molar-refractivity contribution in [1.82, 2.24) is 9.55 Å². The Labute approximate surface area is 226 Å². The van der Waals surface area contributed by atoms with Crippen LogP contribution in [0.2, 0.25) is 10.0 Å². The minimum Gasteiger partial charge on any atom is -0.464 e. The van der Waals surface area contributed by atoms with Gasteiger partial charge in [-0.05, 0) is 54.8 Å².